The van der Waals surface area contributed by atoms with Crippen molar-refractivity contribution < 1.29 is 8.78 Å². The van der Waals surface area contributed by atoms with Gasteiger partial charge < -0.3 is 16.0 Å². The highest BCUT2D eigenvalue weighted by Crippen LogP contribution is 2.26. The summed E-state index contributed by atoms with van der Waals surface area (Å²) in [5, 5.41) is 9.09. The van der Waals surface area contributed by atoms with Gasteiger partial charge >= 0.3 is 0 Å². The zero-order chi connectivity index (χ0) is 20.9. The number of hydrogen-bond donors (Lipinski definition) is 2. The highest BCUT2D eigenvalue weighted by Gasteiger charge is 2.19. The highest BCUT2D eigenvalue weighted by molar-refractivity contribution is 5.80. The van der Waals surface area contributed by atoms with Crippen molar-refractivity contribution in [3.8, 4) is 11.1 Å². The fraction of sp³-hybridized carbons (Fsp3) is 0.333. The number of aromatic nitrogens is 1. The Bertz CT molecular complexity index is 919. The van der Waals surface area contributed by atoms with Crippen LogP contribution in [0.25, 0.3) is 11.1 Å². The van der Waals surface area contributed by atoms with Crippen LogP contribution in [0.1, 0.15) is 0 Å². The van der Waals surface area contributed by atoms with Crippen molar-refractivity contribution in [2.24, 2.45) is 10.8 Å². The van der Waals surface area contributed by atoms with Gasteiger partial charge in [0, 0.05) is 50.2 Å². The van der Waals surface area contributed by atoms with E-state index in [1.54, 1.807) is 12.5 Å². The van der Waals surface area contributed by atoms with Gasteiger partial charge in [-0.1, -0.05) is 12.1 Å². The molecule has 3 heterocycles. The molecule has 0 unspecified atom stereocenters. The molecule has 1 saturated heterocycles. The summed E-state index contributed by atoms with van der Waals surface area (Å²) in [7, 11) is 0. The molecule has 9 heteroatoms. The van der Waals surface area contributed by atoms with Gasteiger partial charge in [0.05, 0.1) is 6.54 Å². The summed E-state index contributed by atoms with van der Waals surface area (Å²) in [6.45, 7) is 4.18. The average Bonchev–Trinajstić information content (AvgIpc) is 3.27. The Balaban J connectivity index is 1.44. The van der Waals surface area contributed by atoms with E-state index in [4.69, 9.17) is 5.73 Å². The first kappa shape index (κ1) is 20.2. The standard InChI is InChI=1S/C21H25F2N7/c22-21(23)18(12-24)13-30-15-29(14-27-30)20-11-17(5-6-26-20)16-1-3-19(4-2-16)28-9-7-25-8-10-28/h1-6,11,14,25H,7-10,12-13,15,24H2. The van der Waals surface area contributed by atoms with Gasteiger partial charge in [0.1, 0.15) is 18.8 Å². The molecule has 0 radical (unpaired) electrons. The topological polar surface area (TPSA) is 73.0 Å². The van der Waals surface area contributed by atoms with Gasteiger partial charge in [-0.15, -0.1) is 0 Å². The fourth-order valence-electron chi connectivity index (χ4n) is 3.57. The zero-order valence-corrected chi connectivity index (χ0v) is 16.6. The zero-order valence-electron chi connectivity index (χ0n) is 16.6. The van der Waals surface area contributed by atoms with Crippen molar-refractivity contribution in [3.05, 3.63) is 54.2 Å². The van der Waals surface area contributed by atoms with E-state index < -0.39 is 6.08 Å². The van der Waals surface area contributed by atoms with E-state index >= 15 is 0 Å². The lowest BCUT2D eigenvalue weighted by Crippen LogP contribution is -2.43. The number of rotatable bonds is 6. The first-order valence-electron chi connectivity index (χ1n) is 9.95. The second-order valence-corrected chi connectivity index (χ2v) is 7.26. The van der Waals surface area contributed by atoms with E-state index in [1.807, 2.05) is 17.0 Å². The number of benzene rings is 1. The molecule has 0 aliphatic carbocycles. The molecular formula is C21H25F2N7. The highest BCUT2D eigenvalue weighted by atomic mass is 19.3. The molecule has 1 fully saturated rings. The lowest BCUT2D eigenvalue weighted by Gasteiger charge is -2.29. The lowest BCUT2D eigenvalue weighted by molar-refractivity contribution is 0.326. The van der Waals surface area contributed by atoms with Gasteiger partial charge in [0.2, 0.25) is 0 Å². The minimum atomic E-state index is -1.74. The summed E-state index contributed by atoms with van der Waals surface area (Å²) in [6, 6.07) is 12.5. The van der Waals surface area contributed by atoms with Gasteiger partial charge in [-0.3, -0.25) is 9.91 Å². The van der Waals surface area contributed by atoms with Crippen LogP contribution < -0.4 is 20.9 Å². The number of nitrogens with zero attached hydrogens (tertiary/aromatic N) is 5. The van der Waals surface area contributed by atoms with Crippen molar-refractivity contribution in [2.75, 3.05) is 55.7 Å². The molecule has 0 atom stereocenters. The molecule has 2 aromatic rings. The third kappa shape index (κ3) is 4.58. The van der Waals surface area contributed by atoms with Crippen molar-refractivity contribution in [1.82, 2.24) is 15.3 Å². The van der Waals surface area contributed by atoms with Crippen LogP contribution in [0.4, 0.5) is 20.3 Å². The van der Waals surface area contributed by atoms with Gasteiger partial charge in [-0.25, -0.2) is 4.98 Å². The average molecular weight is 413 g/mol. The van der Waals surface area contributed by atoms with Gasteiger partial charge in [0.15, 0.2) is 0 Å². The van der Waals surface area contributed by atoms with Crippen molar-refractivity contribution in [1.29, 1.82) is 0 Å². The largest absolute Gasteiger partial charge is 0.369 e. The Labute approximate surface area is 174 Å². The van der Waals surface area contributed by atoms with E-state index in [1.165, 1.54) is 10.7 Å². The molecule has 7 nitrogen and oxygen atoms in total. The molecule has 0 spiro atoms. The molecule has 0 amide bonds. The molecule has 158 valence electrons. The van der Waals surface area contributed by atoms with E-state index in [9.17, 15) is 8.78 Å². The third-order valence-electron chi connectivity index (χ3n) is 5.28. The predicted molar refractivity (Wildman–Crippen MR) is 116 cm³/mol. The van der Waals surface area contributed by atoms with E-state index in [0.29, 0.717) is 12.5 Å². The molecule has 4 rings (SSSR count). The maximum atomic E-state index is 12.8. The normalized spacial score (nSPS) is 16.3. The molecule has 1 aromatic carbocycles. The van der Waals surface area contributed by atoms with Crippen molar-refractivity contribution in [2.45, 2.75) is 0 Å². The summed E-state index contributed by atoms with van der Waals surface area (Å²) in [5.41, 5.74) is 8.64. The van der Waals surface area contributed by atoms with Gasteiger partial charge in [-0.2, -0.15) is 13.9 Å². The summed E-state index contributed by atoms with van der Waals surface area (Å²) in [4.78, 5) is 8.61. The van der Waals surface area contributed by atoms with Gasteiger partial charge in [0.25, 0.3) is 6.08 Å². The summed E-state index contributed by atoms with van der Waals surface area (Å²) in [5.74, 6) is 0.712. The van der Waals surface area contributed by atoms with Crippen LogP contribution >= 0.6 is 0 Å². The minimum Gasteiger partial charge on any atom is -0.369 e. The van der Waals surface area contributed by atoms with Crippen LogP contribution in [0.15, 0.2) is 59.4 Å². The van der Waals surface area contributed by atoms with Crippen LogP contribution in [-0.4, -0.2) is 62.3 Å². The van der Waals surface area contributed by atoms with Crippen LogP contribution in [0, 0.1) is 0 Å². The Morgan fingerprint density at radius 2 is 1.83 bits per heavy atom. The SMILES string of the molecule is NCC(CN1CN(c2cc(-c3ccc(N4CCNCC4)cc3)ccn2)C=N1)=C(F)F. The maximum Gasteiger partial charge on any atom is 0.272 e. The Hall–Kier alpha value is -3.04. The molecule has 3 N–H and O–H groups in total. The Kier molecular flexibility index (Phi) is 6.20. The number of nitrogens with two attached hydrogens (primary N) is 1. The predicted octanol–water partition coefficient (Wildman–Crippen LogP) is 2.29. The summed E-state index contributed by atoms with van der Waals surface area (Å²) in [6.07, 6.45) is 1.61. The molecule has 2 aliphatic heterocycles. The molecular weight excluding hydrogens is 388 g/mol. The van der Waals surface area contributed by atoms with Crippen LogP contribution in [0.2, 0.25) is 0 Å². The van der Waals surface area contributed by atoms with Crippen LogP contribution in [0.5, 0.6) is 0 Å². The Morgan fingerprint density at radius 3 is 2.53 bits per heavy atom. The second-order valence-electron chi connectivity index (χ2n) is 7.26. The number of hydrazone groups is 1. The molecule has 0 bridgehead atoms. The number of piperazine rings is 1. The third-order valence-corrected chi connectivity index (χ3v) is 5.28. The fourth-order valence-corrected chi connectivity index (χ4v) is 3.57. The van der Waals surface area contributed by atoms with E-state index in [-0.39, 0.29) is 18.7 Å². The van der Waals surface area contributed by atoms with Crippen LogP contribution in [0.3, 0.4) is 0 Å². The van der Waals surface area contributed by atoms with Crippen LogP contribution in [-0.2, 0) is 0 Å². The minimum absolute atomic E-state index is 0.000986. The quantitative estimate of drug-likeness (QED) is 0.757. The second kappa shape index (κ2) is 9.19. The smallest absolute Gasteiger partial charge is 0.272 e. The maximum absolute atomic E-state index is 12.8. The van der Waals surface area contributed by atoms with Gasteiger partial charge in [-0.05, 0) is 35.4 Å². The summed E-state index contributed by atoms with van der Waals surface area (Å²) >= 11 is 0. The molecule has 2 aliphatic rings. The van der Waals surface area contributed by atoms with Crippen molar-refractivity contribution >= 4 is 17.8 Å². The number of anilines is 2. The summed E-state index contributed by atoms with van der Waals surface area (Å²) < 4.78 is 25.7. The monoisotopic (exact) mass is 413 g/mol. The first-order valence-corrected chi connectivity index (χ1v) is 9.95. The molecule has 1 aromatic heterocycles. The number of halogens is 2. The number of pyridine rings is 1. The Morgan fingerprint density at radius 1 is 1.07 bits per heavy atom. The van der Waals surface area contributed by atoms with E-state index in [2.05, 4.69) is 44.6 Å². The first-order chi connectivity index (χ1) is 14.6. The lowest BCUT2D eigenvalue weighted by atomic mass is 10.1. The number of nitrogens with one attached hydrogen (secondary N) is 1. The van der Waals surface area contributed by atoms with E-state index in [0.717, 1.165) is 37.3 Å². The van der Waals surface area contributed by atoms with Crippen molar-refractivity contribution in [3.63, 3.8) is 0 Å². The molecule has 30 heavy (non-hydrogen) atoms. The number of hydrogen-bond acceptors (Lipinski definition) is 7. The molecule has 0 saturated carbocycles.